The molecule has 0 unspecified atom stereocenters. The van der Waals surface area contributed by atoms with E-state index in [2.05, 4.69) is 15.1 Å². The highest BCUT2D eigenvalue weighted by atomic mass is 32.2. The first-order valence-electron chi connectivity index (χ1n) is 9.87. The van der Waals surface area contributed by atoms with E-state index in [1.165, 1.54) is 30.8 Å². The molecule has 0 fully saturated rings. The molecule has 0 saturated carbocycles. The summed E-state index contributed by atoms with van der Waals surface area (Å²) in [6.45, 7) is 0. The predicted molar refractivity (Wildman–Crippen MR) is 125 cm³/mol. The Bertz CT molecular complexity index is 1690. The summed E-state index contributed by atoms with van der Waals surface area (Å²) in [4.78, 5) is 7.95. The quantitative estimate of drug-likeness (QED) is 0.412. The average Bonchev–Trinajstić information content (AvgIpc) is 3.46. The van der Waals surface area contributed by atoms with Crippen molar-refractivity contribution >= 4 is 30.9 Å². The van der Waals surface area contributed by atoms with E-state index >= 15 is 0 Å². The molecule has 0 amide bonds. The lowest BCUT2D eigenvalue weighted by Crippen LogP contribution is -2.13. The Labute approximate surface area is 190 Å². The van der Waals surface area contributed by atoms with Crippen molar-refractivity contribution < 1.29 is 16.8 Å². The minimum Gasteiger partial charge on any atom is -0.346 e. The van der Waals surface area contributed by atoms with Crippen LogP contribution in [0.3, 0.4) is 0 Å². The maximum atomic E-state index is 12.9. The molecule has 3 heterocycles. The second kappa shape index (κ2) is 7.68. The number of benzene rings is 2. The van der Waals surface area contributed by atoms with Gasteiger partial charge in [-0.25, -0.2) is 13.4 Å². The Hall–Kier alpha value is -3.76. The summed E-state index contributed by atoms with van der Waals surface area (Å²) < 4.78 is 50.1. The summed E-state index contributed by atoms with van der Waals surface area (Å²) in [5.41, 5.74) is 3.62. The summed E-state index contributed by atoms with van der Waals surface area (Å²) in [5.74, 6) is 0. The number of fused-ring (bicyclic) bond motifs is 1. The number of nitrogens with one attached hydrogen (secondary N) is 1. The molecule has 0 aliphatic rings. The van der Waals surface area contributed by atoms with E-state index in [-0.39, 0.29) is 9.79 Å². The van der Waals surface area contributed by atoms with Crippen molar-refractivity contribution in [2.45, 2.75) is 9.79 Å². The number of H-pyrrole nitrogens is 1. The van der Waals surface area contributed by atoms with Gasteiger partial charge in [0.2, 0.25) is 0 Å². The average molecular weight is 479 g/mol. The van der Waals surface area contributed by atoms with Crippen LogP contribution in [0.2, 0.25) is 0 Å². The van der Waals surface area contributed by atoms with Gasteiger partial charge in [-0.1, -0.05) is 30.3 Å². The standard InChI is InChI=1S/C23H18N4O4S2/c1-32(28,29)19-9-7-16(8-10-19)17-11-21-22(14-25-23(21)24-12-17)18-13-26-27(15-18)33(30,31)20-5-3-2-4-6-20/h2-15H,1H3,(H,24,25). The number of sulfone groups is 1. The number of hydrogen-bond donors (Lipinski definition) is 1. The molecule has 5 rings (SSSR count). The van der Waals surface area contributed by atoms with Crippen LogP contribution in [-0.2, 0) is 19.9 Å². The maximum Gasteiger partial charge on any atom is 0.282 e. The minimum absolute atomic E-state index is 0.153. The largest absolute Gasteiger partial charge is 0.346 e. The van der Waals surface area contributed by atoms with Gasteiger partial charge in [0, 0.05) is 40.7 Å². The van der Waals surface area contributed by atoms with Crippen molar-refractivity contribution in [1.82, 2.24) is 19.2 Å². The van der Waals surface area contributed by atoms with E-state index in [0.29, 0.717) is 11.2 Å². The Morgan fingerprint density at radius 3 is 2.24 bits per heavy atom. The second-order valence-corrected chi connectivity index (χ2v) is 11.4. The van der Waals surface area contributed by atoms with Gasteiger partial charge in [-0.15, -0.1) is 0 Å². The highest BCUT2D eigenvalue weighted by Gasteiger charge is 2.19. The van der Waals surface area contributed by atoms with Gasteiger partial charge in [0.1, 0.15) is 5.65 Å². The zero-order chi connectivity index (χ0) is 23.2. The van der Waals surface area contributed by atoms with Crippen molar-refractivity contribution in [3.63, 3.8) is 0 Å². The maximum absolute atomic E-state index is 12.9. The normalized spacial score (nSPS) is 12.3. The van der Waals surface area contributed by atoms with Crippen LogP contribution in [0.5, 0.6) is 0 Å². The zero-order valence-corrected chi connectivity index (χ0v) is 19.0. The lowest BCUT2D eigenvalue weighted by molar-refractivity contribution is 0.580. The van der Waals surface area contributed by atoms with Gasteiger partial charge in [-0.2, -0.15) is 17.6 Å². The SMILES string of the molecule is CS(=O)(=O)c1ccc(-c2cnc3[nH]cc(-c4cnn(S(=O)(=O)c5ccccc5)c4)c3c2)cc1. The van der Waals surface area contributed by atoms with Crippen LogP contribution in [0.1, 0.15) is 0 Å². The molecule has 2 aromatic carbocycles. The second-order valence-electron chi connectivity index (χ2n) is 7.54. The van der Waals surface area contributed by atoms with E-state index < -0.39 is 19.9 Å². The Balaban J connectivity index is 1.54. The molecule has 0 radical (unpaired) electrons. The molecule has 8 nitrogen and oxygen atoms in total. The molecule has 0 aliphatic carbocycles. The molecule has 166 valence electrons. The fraction of sp³-hybridized carbons (Fsp3) is 0.0435. The van der Waals surface area contributed by atoms with Crippen molar-refractivity contribution in [1.29, 1.82) is 0 Å². The van der Waals surface area contributed by atoms with Gasteiger partial charge in [0.05, 0.1) is 22.2 Å². The Morgan fingerprint density at radius 1 is 0.818 bits per heavy atom. The molecule has 33 heavy (non-hydrogen) atoms. The number of pyridine rings is 1. The molecule has 0 aliphatic heterocycles. The van der Waals surface area contributed by atoms with E-state index in [9.17, 15) is 16.8 Å². The molecule has 1 N–H and O–H groups in total. The van der Waals surface area contributed by atoms with Gasteiger partial charge in [0.25, 0.3) is 10.0 Å². The van der Waals surface area contributed by atoms with Crippen LogP contribution in [0, 0.1) is 0 Å². The van der Waals surface area contributed by atoms with E-state index in [1.807, 2.05) is 6.07 Å². The summed E-state index contributed by atoms with van der Waals surface area (Å²) in [5, 5.41) is 4.87. The van der Waals surface area contributed by atoms with Crippen molar-refractivity contribution in [2.24, 2.45) is 0 Å². The topological polar surface area (TPSA) is 115 Å². The summed E-state index contributed by atoms with van der Waals surface area (Å²) >= 11 is 0. The monoisotopic (exact) mass is 478 g/mol. The van der Waals surface area contributed by atoms with Gasteiger partial charge in [-0.05, 0) is 35.9 Å². The van der Waals surface area contributed by atoms with Gasteiger partial charge in [0.15, 0.2) is 9.84 Å². The number of aromatic nitrogens is 4. The fourth-order valence-corrected chi connectivity index (χ4v) is 5.34. The summed E-state index contributed by atoms with van der Waals surface area (Å²) in [6, 6.07) is 16.6. The lowest BCUT2D eigenvalue weighted by Gasteiger charge is -2.04. The first-order chi connectivity index (χ1) is 15.7. The van der Waals surface area contributed by atoms with Gasteiger partial charge >= 0.3 is 0 Å². The molecular formula is C23H18N4O4S2. The molecule has 5 aromatic rings. The first-order valence-corrected chi connectivity index (χ1v) is 13.2. The molecule has 0 atom stereocenters. The summed E-state index contributed by atoms with van der Waals surface area (Å²) in [7, 11) is -7.08. The zero-order valence-electron chi connectivity index (χ0n) is 17.4. The number of aromatic amines is 1. The molecule has 0 spiro atoms. The third-order valence-corrected chi connectivity index (χ3v) is 7.99. The Kier molecular flexibility index (Phi) is 4.91. The fourth-order valence-electron chi connectivity index (χ4n) is 3.57. The molecular weight excluding hydrogens is 460 g/mol. The lowest BCUT2D eigenvalue weighted by atomic mass is 10.0. The third kappa shape index (κ3) is 3.83. The van der Waals surface area contributed by atoms with Crippen LogP contribution in [0.25, 0.3) is 33.3 Å². The minimum atomic E-state index is -3.80. The van der Waals surface area contributed by atoms with Gasteiger partial charge < -0.3 is 4.98 Å². The van der Waals surface area contributed by atoms with Crippen molar-refractivity contribution in [3.05, 3.63) is 85.5 Å². The van der Waals surface area contributed by atoms with Crippen molar-refractivity contribution in [3.8, 4) is 22.3 Å². The number of rotatable bonds is 5. The molecule has 0 saturated heterocycles. The highest BCUT2D eigenvalue weighted by molar-refractivity contribution is 7.90. The van der Waals surface area contributed by atoms with Crippen molar-refractivity contribution in [2.75, 3.05) is 6.26 Å². The van der Waals surface area contributed by atoms with Crippen LogP contribution >= 0.6 is 0 Å². The smallest absolute Gasteiger partial charge is 0.282 e. The summed E-state index contributed by atoms with van der Waals surface area (Å²) in [6.07, 6.45) is 7.58. The molecule has 3 aromatic heterocycles. The highest BCUT2D eigenvalue weighted by Crippen LogP contribution is 2.31. The van der Waals surface area contributed by atoms with Crippen LogP contribution < -0.4 is 0 Å². The predicted octanol–water partition coefficient (Wildman–Crippen LogP) is 3.73. The van der Waals surface area contributed by atoms with Crippen LogP contribution in [0.4, 0.5) is 0 Å². The first kappa shape index (κ1) is 21.1. The molecule has 10 heteroatoms. The third-order valence-electron chi connectivity index (χ3n) is 5.31. The number of hydrogen-bond acceptors (Lipinski definition) is 6. The van der Waals surface area contributed by atoms with E-state index in [4.69, 9.17) is 0 Å². The van der Waals surface area contributed by atoms with E-state index in [0.717, 1.165) is 26.2 Å². The molecule has 0 bridgehead atoms. The van der Waals surface area contributed by atoms with E-state index in [1.54, 1.807) is 54.9 Å². The Morgan fingerprint density at radius 2 is 1.55 bits per heavy atom. The van der Waals surface area contributed by atoms with Gasteiger partial charge in [-0.3, -0.25) is 0 Å². The van der Waals surface area contributed by atoms with Crippen LogP contribution in [0.15, 0.2) is 95.2 Å². The number of nitrogens with zero attached hydrogens (tertiary/aromatic N) is 3. The van der Waals surface area contributed by atoms with Crippen LogP contribution in [-0.4, -0.2) is 42.2 Å².